The topological polar surface area (TPSA) is 57.6 Å². The lowest BCUT2D eigenvalue weighted by Crippen LogP contribution is -2.49. The Morgan fingerprint density at radius 3 is 2.57 bits per heavy atom. The van der Waals surface area contributed by atoms with E-state index in [1.807, 2.05) is 11.8 Å². The maximum absolute atomic E-state index is 12.4. The minimum atomic E-state index is -0.724. The van der Waals surface area contributed by atoms with Gasteiger partial charge in [-0.2, -0.15) is 0 Å². The summed E-state index contributed by atoms with van der Waals surface area (Å²) < 4.78 is 0. The van der Waals surface area contributed by atoms with Gasteiger partial charge in [0.2, 0.25) is 5.91 Å². The average molecular weight is 295 g/mol. The van der Waals surface area contributed by atoms with Crippen molar-refractivity contribution in [1.82, 2.24) is 4.90 Å². The molecule has 2 aliphatic rings. The predicted octanol–water partition coefficient (Wildman–Crippen LogP) is 3.45. The smallest absolute Gasteiger partial charge is 0.311 e. The van der Waals surface area contributed by atoms with E-state index in [1.54, 1.807) is 0 Å². The Bertz CT molecular complexity index is 372. The normalized spacial score (nSPS) is 27.0. The number of nitrogens with zero attached hydrogens (tertiary/aromatic N) is 1. The SMILES string of the molecule is CCCC1(C(=O)O)CCCN(C(=O)CCC2CCCC2)C1. The van der Waals surface area contributed by atoms with Crippen LogP contribution in [0.25, 0.3) is 0 Å². The first-order chi connectivity index (χ1) is 10.1. The third-order valence-electron chi connectivity index (χ3n) is 5.35. The molecule has 1 aliphatic carbocycles. The van der Waals surface area contributed by atoms with Crippen LogP contribution in [0.2, 0.25) is 0 Å². The highest BCUT2D eigenvalue weighted by atomic mass is 16.4. The van der Waals surface area contributed by atoms with Crippen LogP contribution in [0.15, 0.2) is 0 Å². The van der Waals surface area contributed by atoms with Crippen LogP contribution in [-0.2, 0) is 9.59 Å². The van der Waals surface area contributed by atoms with Crippen LogP contribution in [0.1, 0.15) is 71.1 Å². The van der Waals surface area contributed by atoms with E-state index < -0.39 is 11.4 Å². The van der Waals surface area contributed by atoms with Gasteiger partial charge in [-0.1, -0.05) is 39.0 Å². The summed E-state index contributed by atoms with van der Waals surface area (Å²) in [5, 5.41) is 9.58. The molecule has 1 saturated carbocycles. The largest absolute Gasteiger partial charge is 0.481 e. The summed E-state index contributed by atoms with van der Waals surface area (Å²) in [4.78, 5) is 25.9. The van der Waals surface area contributed by atoms with Gasteiger partial charge in [-0.05, 0) is 31.6 Å². The van der Waals surface area contributed by atoms with Gasteiger partial charge in [0.1, 0.15) is 0 Å². The molecule has 0 spiro atoms. The molecule has 4 heteroatoms. The fourth-order valence-corrected chi connectivity index (χ4v) is 4.09. The average Bonchev–Trinajstić information content (AvgIpc) is 2.98. The van der Waals surface area contributed by atoms with Crippen LogP contribution >= 0.6 is 0 Å². The molecule has 0 radical (unpaired) electrons. The molecule has 1 saturated heterocycles. The first kappa shape index (κ1) is 16.3. The number of amides is 1. The Morgan fingerprint density at radius 2 is 1.95 bits per heavy atom. The van der Waals surface area contributed by atoms with Crippen molar-refractivity contribution in [3.8, 4) is 0 Å². The first-order valence-corrected chi connectivity index (χ1v) is 8.58. The van der Waals surface area contributed by atoms with E-state index in [0.29, 0.717) is 25.8 Å². The number of carbonyl (C=O) groups is 2. The van der Waals surface area contributed by atoms with Crippen molar-refractivity contribution in [1.29, 1.82) is 0 Å². The Labute approximate surface area is 127 Å². The Balaban J connectivity index is 1.89. The summed E-state index contributed by atoms with van der Waals surface area (Å²) in [6.07, 6.45) is 9.80. The molecule has 2 fully saturated rings. The molecule has 4 nitrogen and oxygen atoms in total. The predicted molar refractivity (Wildman–Crippen MR) is 82.0 cm³/mol. The summed E-state index contributed by atoms with van der Waals surface area (Å²) >= 11 is 0. The van der Waals surface area contributed by atoms with Crippen LogP contribution < -0.4 is 0 Å². The van der Waals surface area contributed by atoms with Crippen molar-refractivity contribution >= 4 is 11.9 Å². The van der Waals surface area contributed by atoms with Crippen LogP contribution in [0.4, 0.5) is 0 Å². The molecule has 0 bridgehead atoms. The van der Waals surface area contributed by atoms with E-state index in [2.05, 4.69) is 0 Å². The standard InChI is InChI=1S/C17H29NO3/c1-2-10-17(16(20)21)11-5-12-18(13-17)15(19)9-8-14-6-3-4-7-14/h14H,2-13H2,1H3,(H,20,21). The molecule has 2 rings (SSSR count). The minimum Gasteiger partial charge on any atom is -0.481 e. The van der Waals surface area contributed by atoms with Crippen LogP contribution in [0.3, 0.4) is 0 Å². The monoisotopic (exact) mass is 295 g/mol. The zero-order valence-electron chi connectivity index (χ0n) is 13.3. The molecule has 1 amide bonds. The fraction of sp³-hybridized carbons (Fsp3) is 0.882. The van der Waals surface area contributed by atoms with E-state index in [1.165, 1.54) is 25.7 Å². The second kappa shape index (κ2) is 7.28. The molecule has 0 aromatic heterocycles. The Hall–Kier alpha value is -1.06. The van der Waals surface area contributed by atoms with Crippen molar-refractivity contribution in [2.24, 2.45) is 11.3 Å². The van der Waals surface area contributed by atoms with E-state index in [9.17, 15) is 14.7 Å². The number of carbonyl (C=O) groups excluding carboxylic acids is 1. The molecule has 0 aromatic rings. The van der Waals surface area contributed by atoms with E-state index in [-0.39, 0.29) is 5.91 Å². The second-order valence-corrected chi connectivity index (χ2v) is 6.94. The summed E-state index contributed by atoms with van der Waals surface area (Å²) in [7, 11) is 0. The molecular weight excluding hydrogens is 266 g/mol. The molecule has 1 atom stereocenters. The van der Waals surface area contributed by atoms with Crippen molar-refractivity contribution in [3.05, 3.63) is 0 Å². The maximum atomic E-state index is 12.4. The van der Waals surface area contributed by atoms with Crippen molar-refractivity contribution in [2.45, 2.75) is 71.1 Å². The lowest BCUT2D eigenvalue weighted by atomic mass is 9.76. The first-order valence-electron chi connectivity index (χ1n) is 8.58. The Morgan fingerprint density at radius 1 is 1.24 bits per heavy atom. The lowest BCUT2D eigenvalue weighted by molar-refractivity contribution is -0.155. The van der Waals surface area contributed by atoms with E-state index >= 15 is 0 Å². The van der Waals surface area contributed by atoms with Gasteiger partial charge in [-0.25, -0.2) is 0 Å². The molecule has 0 aromatic carbocycles. The van der Waals surface area contributed by atoms with Crippen molar-refractivity contribution in [3.63, 3.8) is 0 Å². The van der Waals surface area contributed by atoms with Gasteiger partial charge in [-0.3, -0.25) is 9.59 Å². The number of hydrogen-bond donors (Lipinski definition) is 1. The highest BCUT2D eigenvalue weighted by Crippen LogP contribution is 2.36. The van der Waals surface area contributed by atoms with Gasteiger partial charge in [0.05, 0.1) is 5.41 Å². The van der Waals surface area contributed by atoms with Crippen molar-refractivity contribution < 1.29 is 14.7 Å². The molecular formula is C17H29NO3. The summed E-state index contributed by atoms with van der Waals surface area (Å²) in [5.41, 5.74) is -0.698. The molecule has 1 aliphatic heterocycles. The van der Waals surface area contributed by atoms with Gasteiger partial charge < -0.3 is 10.0 Å². The number of carboxylic acids is 1. The third-order valence-corrected chi connectivity index (χ3v) is 5.35. The van der Waals surface area contributed by atoms with Gasteiger partial charge in [0.25, 0.3) is 0 Å². The summed E-state index contributed by atoms with van der Waals surface area (Å²) in [6.45, 7) is 3.17. The zero-order chi connectivity index (χ0) is 15.3. The van der Waals surface area contributed by atoms with Crippen LogP contribution in [-0.4, -0.2) is 35.0 Å². The fourth-order valence-electron chi connectivity index (χ4n) is 4.09. The number of hydrogen-bond acceptors (Lipinski definition) is 2. The maximum Gasteiger partial charge on any atom is 0.311 e. The van der Waals surface area contributed by atoms with Gasteiger partial charge in [-0.15, -0.1) is 0 Å². The molecule has 21 heavy (non-hydrogen) atoms. The van der Waals surface area contributed by atoms with Gasteiger partial charge in [0.15, 0.2) is 0 Å². The van der Waals surface area contributed by atoms with Crippen LogP contribution in [0.5, 0.6) is 0 Å². The van der Waals surface area contributed by atoms with Crippen molar-refractivity contribution in [2.75, 3.05) is 13.1 Å². The number of rotatable bonds is 6. The molecule has 1 N–H and O–H groups in total. The number of aliphatic carboxylic acids is 1. The van der Waals surface area contributed by atoms with Gasteiger partial charge >= 0.3 is 5.97 Å². The highest BCUT2D eigenvalue weighted by Gasteiger charge is 2.42. The summed E-state index contributed by atoms with van der Waals surface area (Å²) in [6, 6.07) is 0. The summed E-state index contributed by atoms with van der Waals surface area (Å²) in [5.74, 6) is 0.166. The Kier molecular flexibility index (Phi) is 5.65. The quantitative estimate of drug-likeness (QED) is 0.816. The number of carboxylic acid groups (broad SMARTS) is 1. The third kappa shape index (κ3) is 3.98. The second-order valence-electron chi connectivity index (χ2n) is 6.94. The highest BCUT2D eigenvalue weighted by molar-refractivity contribution is 5.79. The van der Waals surface area contributed by atoms with E-state index in [0.717, 1.165) is 31.7 Å². The zero-order valence-corrected chi connectivity index (χ0v) is 13.3. The number of piperidine rings is 1. The number of likely N-dealkylation sites (tertiary alicyclic amines) is 1. The van der Waals surface area contributed by atoms with Gasteiger partial charge in [0, 0.05) is 19.5 Å². The lowest BCUT2D eigenvalue weighted by Gasteiger charge is -2.40. The molecule has 1 heterocycles. The molecule has 120 valence electrons. The van der Waals surface area contributed by atoms with Crippen LogP contribution in [0, 0.1) is 11.3 Å². The minimum absolute atomic E-state index is 0.170. The van der Waals surface area contributed by atoms with E-state index in [4.69, 9.17) is 0 Å². The molecule has 1 unspecified atom stereocenters.